The summed E-state index contributed by atoms with van der Waals surface area (Å²) >= 11 is 0. The van der Waals surface area contributed by atoms with Gasteiger partial charge in [-0.25, -0.2) is 9.97 Å². The molecule has 0 amide bonds. The molecule has 5 nitrogen and oxygen atoms in total. The van der Waals surface area contributed by atoms with E-state index in [9.17, 15) is 0 Å². The molecule has 0 spiro atoms. The monoisotopic (exact) mass is 267 g/mol. The Labute approximate surface area is 117 Å². The molecule has 1 saturated carbocycles. The highest BCUT2D eigenvalue weighted by Gasteiger charge is 2.22. The third kappa shape index (κ3) is 1.73. The second kappa shape index (κ2) is 4.44. The molecule has 0 radical (unpaired) electrons. The maximum Gasteiger partial charge on any atom is 0.239 e. The van der Waals surface area contributed by atoms with E-state index in [1.807, 2.05) is 0 Å². The van der Waals surface area contributed by atoms with Crippen molar-refractivity contribution in [3.05, 3.63) is 30.1 Å². The van der Waals surface area contributed by atoms with Gasteiger partial charge in [-0.3, -0.25) is 4.57 Å². The van der Waals surface area contributed by atoms with Crippen LogP contribution in [0.1, 0.15) is 43.6 Å². The fraction of sp³-hybridized carbons (Fsp3) is 0.400. The lowest BCUT2D eigenvalue weighted by Gasteiger charge is -2.21. The summed E-state index contributed by atoms with van der Waals surface area (Å²) in [4.78, 5) is 12.4. The van der Waals surface area contributed by atoms with Crippen molar-refractivity contribution in [2.75, 3.05) is 5.73 Å². The fourth-order valence-corrected chi connectivity index (χ4v) is 3.40. The van der Waals surface area contributed by atoms with Gasteiger partial charge in [0.25, 0.3) is 0 Å². The van der Waals surface area contributed by atoms with Crippen LogP contribution >= 0.6 is 0 Å². The van der Waals surface area contributed by atoms with Gasteiger partial charge in [0, 0.05) is 5.52 Å². The average molecular weight is 267 g/mol. The lowest BCUT2D eigenvalue weighted by atomic mass is 9.84. The summed E-state index contributed by atoms with van der Waals surface area (Å²) in [5.74, 6) is 1.57. The summed E-state index contributed by atoms with van der Waals surface area (Å²) in [5, 5.41) is 0. The first-order valence-electron chi connectivity index (χ1n) is 7.21. The maximum atomic E-state index is 5.67. The normalized spacial score (nSPS) is 17.0. The zero-order valence-electron chi connectivity index (χ0n) is 11.3. The van der Waals surface area contributed by atoms with Crippen LogP contribution in [0.25, 0.3) is 17.0 Å². The number of hydrogen-bond acceptors (Lipinski definition) is 4. The Bertz CT molecular complexity index is 726. The average Bonchev–Trinajstić information content (AvgIpc) is 3.06. The molecule has 102 valence electrons. The quantitative estimate of drug-likeness (QED) is 0.775. The number of rotatable bonds is 2. The Morgan fingerprint density at radius 3 is 2.75 bits per heavy atom. The van der Waals surface area contributed by atoms with E-state index in [1.54, 1.807) is 0 Å². The van der Waals surface area contributed by atoms with Gasteiger partial charge in [-0.1, -0.05) is 19.3 Å². The van der Waals surface area contributed by atoms with Gasteiger partial charge in [0.1, 0.15) is 6.33 Å². The summed E-state index contributed by atoms with van der Waals surface area (Å²) in [6.07, 6.45) is 8.11. The molecule has 0 aliphatic heterocycles. The van der Waals surface area contributed by atoms with Gasteiger partial charge in [0.15, 0.2) is 0 Å². The van der Waals surface area contributed by atoms with E-state index in [1.165, 1.54) is 49.5 Å². The van der Waals surface area contributed by atoms with Crippen LogP contribution in [-0.2, 0) is 0 Å². The molecule has 0 saturated heterocycles. The molecule has 0 aromatic carbocycles. The topological polar surface area (TPSA) is 69.6 Å². The van der Waals surface area contributed by atoms with E-state index in [0.29, 0.717) is 11.9 Å². The highest BCUT2D eigenvalue weighted by atomic mass is 15.2. The van der Waals surface area contributed by atoms with E-state index in [4.69, 9.17) is 5.73 Å². The van der Waals surface area contributed by atoms with E-state index in [0.717, 1.165) is 5.52 Å². The number of nitrogens with two attached hydrogens (primary N) is 1. The summed E-state index contributed by atoms with van der Waals surface area (Å²) in [6, 6.07) is 6.56. The number of fused-ring (bicyclic) bond motifs is 2. The molecule has 3 heterocycles. The summed E-state index contributed by atoms with van der Waals surface area (Å²) in [6.45, 7) is 0. The Balaban J connectivity index is 1.81. The number of nitrogen functional groups attached to an aromatic ring is 1. The molecule has 1 aliphatic rings. The first-order valence-corrected chi connectivity index (χ1v) is 7.21. The molecule has 20 heavy (non-hydrogen) atoms. The molecular formula is C15H17N5. The van der Waals surface area contributed by atoms with Gasteiger partial charge in [0.2, 0.25) is 11.9 Å². The maximum absolute atomic E-state index is 5.67. The molecule has 1 aliphatic carbocycles. The van der Waals surface area contributed by atoms with Crippen molar-refractivity contribution < 1.29 is 0 Å². The highest BCUT2D eigenvalue weighted by Crippen LogP contribution is 2.38. The van der Waals surface area contributed by atoms with E-state index in [-0.39, 0.29) is 5.95 Å². The summed E-state index contributed by atoms with van der Waals surface area (Å²) < 4.78 is 2.09. The fourth-order valence-electron chi connectivity index (χ4n) is 3.40. The number of nitrogens with zero attached hydrogens (tertiary/aromatic N) is 4. The van der Waals surface area contributed by atoms with Crippen molar-refractivity contribution in [3.63, 3.8) is 0 Å². The Morgan fingerprint density at radius 1 is 1.10 bits per heavy atom. The largest absolute Gasteiger partial charge is 0.368 e. The first kappa shape index (κ1) is 11.6. The molecule has 4 rings (SSSR count). The van der Waals surface area contributed by atoms with Gasteiger partial charge in [-0.15, -0.1) is 0 Å². The number of anilines is 1. The second-order valence-electron chi connectivity index (χ2n) is 5.56. The molecule has 1 fully saturated rings. The minimum atomic E-state index is 0.265. The van der Waals surface area contributed by atoms with E-state index in [2.05, 4.69) is 37.7 Å². The standard InChI is InChI=1S/C15H17N5/c16-14-17-9-18-15(19-14)20-11-6-7-13(20)12(8-11)10-4-2-1-3-5-10/h6-10H,1-5H2,(H2,16,17,18,19). The smallest absolute Gasteiger partial charge is 0.239 e. The lowest BCUT2D eigenvalue weighted by Crippen LogP contribution is -2.06. The minimum Gasteiger partial charge on any atom is -0.368 e. The molecule has 0 unspecified atom stereocenters. The SMILES string of the molecule is Nc1ncnc(-n2c3ccc2c(C2CCCCC2)c3)n1. The van der Waals surface area contributed by atoms with Crippen LogP contribution in [0.15, 0.2) is 24.5 Å². The molecule has 5 heteroatoms. The van der Waals surface area contributed by atoms with Crippen LogP contribution in [0.5, 0.6) is 0 Å². The molecule has 3 aromatic heterocycles. The van der Waals surface area contributed by atoms with Gasteiger partial charge >= 0.3 is 0 Å². The number of aromatic nitrogens is 4. The van der Waals surface area contributed by atoms with Crippen molar-refractivity contribution >= 4 is 17.0 Å². The van der Waals surface area contributed by atoms with Crippen LogP contribution in [0.2, 0.25) is 0 Å². The Kier molecular flexibility index (Phi) is 2.58. The van der Waals surface area contributed by atoms with E-state index < -0.39 is 0 Å². The summed E-state index contributed by atoms with van der Waals surface area (Å²) in [5.41, 5.74) is 9.48. The van der Waals surface area contributed by atoms with Gasteiger partial charge in [0.05, 0.1) is 5.52 Å². The minimum absolute atomic E-state index is 0.265. The van der Waals surface area contributed by atoms with Crippen LogP contribution in [0.3, 0.4) is 0 Å². The first-order chi connectivity index (χ1) is 9.83. The third-order valence-corrected chi connectivity index (χ3v) is 4.33. The predicted molar refractivity (Wildman–Crippen MR) is 78.1 cm³/mol. The Morgan fingerprint density at radius 2 is 1.95 bits per heavy atom. The zero-order valence-corrected chi connectivity index (χ0v) is 11.3. The van der Waals surface area contributed by atoms with Crippen molar-refractivity contribution in [2.24, 2.45) is 0 Å². The van der Waals surface area contributed by atoms with Gasteiger partial charge in [-0.05, 0) is 42.5 Å². The number of hydrogen-bond donors (Lipinski definition) is 1. The van der Waals surface area contributed by atoms with Crippen LogP contribution in [-0.4, -0.2) is 19.5 Å². The van der Waals surface area contributed by atoms with Crippen molar-refractivity contribution in [1.29, 1.82) is 0 Å². The molecule has 0 atom stereocenters. The van der Waals surface area contributed by atoms with Gasteiger partial charge in [-0.2, -0.15) is 4.98 Å². The summed E-state index contributed by atoms with van der Waals surface area (Å²) in [7, 11) is 0. The molecule has 2 bridgehead atoms. The van der Waals surface area contributed by atoms with Crippen LogP contribution < -0.4 is 5.73 Å². The highest BCUT2D eigenvalue weighted by molar-refractivity contribution is 5.76. The van der Waals surface area contributed by atoms with Gasteiger partial charge < -0.3 is 5.73 Å². The van der Waals surface area contributed by atoms with E-state index >= 15 is 0 Å². The van der Waals surface area contributed by atoms with Crippen LogP contribution in [0, 0.1) is 0 Å². The third-order valence-electron chi connectivity index (χ3n) is 4.33. The molecular weight excluding hydrogens is 250 g/mol. The molecule has 3 aromatic rings. The van der Waals surface area contributed by atoms with Crippen molar-refractivity contribution in [2.45, 2.75) is 38.0 Å². The van der Waals surface area contributed by atoms with Crippen LogP contribution in [0.4, 0.5) is 5.95 Å². The Hall–Kier alpha value is -2.17. The zero-order chi connectivity index (χ0) is 13.5. The second-order valence-corrected chi connectivity index (χ2v) is 5.56. The van der Waals surface area contributed by atoms with Crippen molar-refractivity contribution in [1.82, 2.24) is 19.5 Å². The number of benzene rings is 1. The molecule has 2 N–H and O–H groups in total. The van der Waals surface area contributed by atoms with Crippen molar-refractivity contribution in [3.8, 4) is 5.95 Å². The lowest BCUT2D eigenvalue weighted by molar-refractivity contribution is 0.445. The predicted octanol–water partition coefficient (Wildman–Crippen LogP) is 2.88.